The van der Waals surface area contributed by atoms with Gasteiger partial charge in [-0.15, -0.1) is 0 Å². The first kappa shape index (κ1) is 15.4. The number of carbonyl (C=O) groups is 2. The van der Waals surface area contributed by atoms with Gasteiger partial charge in [0.05, 0.1) is 18.2 Å². The fourth-order valence-corrected chi connectivity index (χ4v) is 2.28. The van der Waals surface area contributed by atoms with Crippen LogP contribution < -0.4 is 10.6 Å². The number of rotatable bonds is 4. The second kappa shape index (κ2) is 6.64. The summed E-state index contributed by atoms with van der Waals surface area (Å²) in [4.78, 5) is 26.7. The number of allylic oxidation sites excluding steroid dienone is 1. The van der Waals surface area contributed by atoms with Crippen LogP contribution in [-0.4, -0.2) is 18.6 Å². The zero-order valence-corrected chi connectivity index (χ0v) is 12.2. The van der Waals surface area contributed by atoms with Crippen molar-refractivity contribution >= 4 is 17.7 Å². The molecule has 2 N–H and O–H groups in total. The third-order valence-corrected chi connectivity index (χ3v) is 3.16. The van der Waals surface area contributed by atoms with Crippen molar-refractivity contribution in [3.05, 3.63) is 51.5 Å². The minimum atomic E-state index is -0.741. The van der Waals surface area contributed by atoms with E-state index in [1.54, 1.807) is 38.1 Å². The van der Waals surface area contributed by atoms with E-state index in [0.29, 0.717) is 16.9 Å². The Morgan fingerprint density at radius 3 is 2.86 bits per heavy atom. The van der Waals surface area contributed by atoms with E-state index < -0.39 is 18.0 Å². The quantitative estimate of drug-likeness (QED) is 0.385. The smallest absolute Gasteiger partial charge is 0.338 e. The summed E-state index contributed by atoms with van der Waals surface area (Å²) in [6, 6.07) is 5.56. The highest BCUT2D eigenvalue weighted by Gasteiger charge is 2.33. The van der Waals surface area contributed by atoms with E-state index in [0.717, 1.165) is 0 Å². The first-order valence-corrected chi connectivity index (χ1v) is 6.68. The molecule has 0 fully saturated rings. The summed E-state index contributed by atoms with van der Waals surface area (Å²) in [5.74, 6) is -0.534. The SMILES string of the molecule is CCOC(=O)C1=C(C)NC(=O)NC1c1ccccc1N=[N+]=[N-]. The van der Waals surface area contributed by atoms with Crippen LogP contribution in [0.5, 0.6) is 0 Å². The Balaban J connectivity index is 2.55. The van der Waals surface area contributed by atoms with Crippen molar-refractivity contribution in [2.45, 2.75) is 19.9 Å². The summed E-state index contributed by atoms with van der Waals surface area (Å²) in [7, 11) is 0. The lowest BCUT2D eigenvalue weighted by atomic mass is 9.94. The van der Waals surface area contributed by atoms with Gasteiger partial charge in [-0.25, -0.2) is 9.59 Å². The average Bonchev–Trinajstić information content (AvgIpc) is 2.47. The molecule has 0 saturated heterocycles. The summed E-state index contributed by atoms with van der Waals surface area (Å²) in [5, 5.41) is 8.81. The summed E-state index contributed by atoms with van der Waals surface area (Å²) in [5.41, 5.74) is 10.2. The molecule has 2 rings (SSSR count). The minimum absolute atomic E-state index is 0.217. The summed E-state index contributed by atoms with van der Waals surface area (Å²) >= 11 is 0. The highest BCUT2D eigenvalue weighted by Crippen LogP contribution is 2.33. The molecule has 1 unspecified atom stereocenters. The Morgan fingerprint density at radius 2 is 2.18 bits per heavy atom. The van der Waals surface area contributed by atoms with E-state index in [9.17, 15) is 9.59 Å². The number of amides is 2. The molecule has 0 aromatic heterocycles. The molecule has 1 aromatic rings. The van der Waals surface area contributed by atoms with Crippen LogP contribution >= 0.6 is 0 Å². The Bertz CT molecular complexity index is 691. The number of hydrogen-bond donors (Lipinski definition) is 2. The van der Waals surface area contributed by atoms with Gasteiger partial charge in [0.15, 0.2) is 0 Å². The lowest BCUT2D eigenvalue weighted by molar-refractivity contribution is -0.139. The zero-order valence-electron chi connectivity index (χ0n) is 12.2. The van der Waals surface area contributed by atoms with Crippen LogP contribution in [-0.2, 0) is 9.53 Å². The number of azide groups is 1. The fourth-order valence-electron chi connectivity index (χ4n) is 2.28. The topological polar surface area (TPSA) is 116 Å². The number of ether oxygens (including phenoxy) is 1. The monoisotopic (exact) mass is 301 g/mol. The van der Waals surface area contributed by atoms with Gasteiger partial charge in [0.2, 0.25) is 0 Å². The second-order valence-corrected chi connectivity index (χ2v) is 4.54. The predicted molar refractivity (Wildman–Crippen MR) is 79.0 cm³/mol. The fraction of sp³-hybridized carbons (Fsp3) is 0.286. The van der Waals surface area contributed by atoms with Gasteiger partial charge in [-0.1, -0.05) is 29.4 Å². The van der Waals surface area contributed by atoms with E-state index in [-0.39, 0.29) is 12.2 Å². The minimum Gasteiger partial charge on any atom is -0.463 e. The summed E-state index contributed by atoms with van der Waals surface area (Å²) in [6.45, 7) is 3.54. The first-order chi connectivity index (χ1) is 10.6. The molecule has 0 aliphatic carbocycles. The van der Waals surface area contributed by atoms with Gasteiger partial charge in [0.25, 0.3) is 0 Å². The van der Waals surface area contributed by atoms with Crippen LogP contribution in [0.1, 0.15) is 25.5 Å². The van der Waals surface area contributed by atoms with Crippen LogP contribution in [0.3, 0.4) is 0 Å². The van der Waals surface area contributed by atoms with Crippen molar-refractivity contribution in [1.82, 2.24) is 10.6 Å². The molecule has 0 radical (unpaired) electrons. The molecule has 8 heteroatoms. The second-order valence-electron chi connectivity index (χ2n) is 4.54. The maximum Gasteiger partial charge on any atom is 0.338 e. The zero-order chi connectivity index (χ0) is 16.1. The number of nitrogens with one attached hydrogen (secondary N) is 2. The number of benzene rings is 1. The number of urea groups is 1. The average molecular weight is 301 g/mol. The van der Waals surface area contributed by atoms with E-state index in [4.69, 9.17) is 10.3 Å². The number of carbonyl (C=O) groups excluding carboxylic acids is 2. The molecule has 114 valence electrons. The summed E-state index contributed by atoms with van der Waals surface area (Å²) in [6.07, 6.45) is 0. The van der Waals surface area contributed by atoms with Gasteiger partial charge < -0.3 is 15.4 Å². The van der Waals surface area contributed by atoms with Crippen LogP contribution in [0.15, 0.2) is 40.6 Å². The standard InChI is InChI=1S/C14H15N5O3/c1-3-22-13(20)11-8(2)16-14(21)17-12(11)9-6-4-5-7-10(9)18-19-15/h4-7,12H,3H2,1-2H3,(H2,16,17,21). The van der Waals surface area contributed by atoms with Gasteiger partial charge in [-0.05, 0) is 24.9 Å². The van der Waals surface area contributed by atoms with Crippen molar-refractivity contribution in [3.63, 3.8) is 0 Å². The summed E-state index contributed by atoms with van der Waals surface area (Å²) < 4.78 is 5.05. The van der Waals surface area contributed by atoms with Crippen LogP contribution in [0.4, 0.5) is 10.5 Å². The number of nitrogens with zero attached hydrogens (tertiary/aromatic N) is 3. The molecule has 1 heterocycles. The van der Waals surface area contributed by atoms with Crippen LogP contribution in [0.2, 0.25) is 0 Å². The van der Waals surface area contributed by atoms with Crippen LogP contribution in [0, 0.1) is 0 Å². The maximum atomic E-state index is 12.2. The van der Waals surface area contributed by atoms with E-state index in [1.165, 1.54) is 0 Å². The molecular weight excluding hydrogens is 286 g/mol. The Kier molecular flexibility index (Phi) is 4.65. The third kappa shape index (κ3) is 3.02. The van der Waals surface area contributed by atoms with Crippen molar-refractivity contribution < 1.29 is 14.3 Å². The van der Waals surface area contributed by atoms with Gasteiger partial charge in [-0.3, -0.25) is 0 Å². The van der Waals surface area contributed by atoms with Crippen molar-refractivity contribution in [3.8, 4) is 0 Å². The number of hydrogen-bond acceptors (Lipinski definition) is 4. The van der Waals surface area contributed by atoms with Crippen molar-refractivity contribution in [1.29, 1.82) is 0 Å². The molecule has 22 heavy (non-hydrogen) atoms. The molecule has 1 aliphatic rings. The molecule has 1 atom stereocenters. The lowest BCUT2D eigenvalue weighted by Gasteiger charge is -2.28. The molecular formula is C14H15N5O3. The highest BCUT2D eigenvalue weighted by molar-refractivity contribution is 5.95. The molecule has 0 spiro atoms. The maximum absolute atomic E-state index is 12.2. The Labute approximate surface area is 126 Å². The van der Waals surface area contributed by atoms with Gasteiger partial charge in [0, 0.05) is 16.3 Å². The van der Waals surface area contributed by atoms with Gasteiger partial charge in [-0.2, -0.15) is 0 Å². The highest BCUT2D eigenvalue weighted by atomic mass is 16.5. The first-order valence-electron chi connectivity index (χ1n) is 6.68. The Morgan fingerprint density at radius 1 is 1.45 bits per heavy atom. The van der Waals surface area contributed by atoms with Gasteiger partial charge in [0.1, 0.15) is 0 Å². The molecule has 2 amide bonds. The van der Waals surface area contributed by atoms with Crippen molar-refractivity contribution in [2.75, 3.05) is 6.61 Å². The third-order valence-electron chi connectivity index (χ3n) is 3.16. The lowest BCUT2D eigenvalue weighted by Crippen LogP contribution is -2.45. The normalized spacial score (nSPS) is 17.2. The molecule has 1 aliphatic heterocycles. The molecule has 1 aromatic carbocycles. The Hall–Kier alpha value is -2.99. The largest absolute Gasteiger partial charge is 0.463 e. The van der Waals surface area contributed by atoms with E-state index in [2.05, 4.69) is 20.7 Å². The van der Waals surface area contributed by atoms with E-state index in [1.807, 2.05) is 0 Å². The van der Waals surface area contributed by atoms with Crippen LogP contribution in [0.25, 0.3) is 10.4 Å². The molecule has 0 bridgehead atoms. The predicted octanol–water partition coefficient (Wildman–Crippen LogP) is 2.82. The molecule has 0 saturated carbocycles. The van der Waals surface area contributed by atoms with E-state index >= 15 is 0 Å². The van der Waals surface area contributed by atoms with Crippen molar-refractivity contribution in [2.24, 2.45) is 5.11 Å². The molecule has 8 nitrogen and oxygen atoms in total. The van der Waals surface area contributed by atoms with Gasteiger partial charge >= 0.3 is 12.0 Å². The number of esters is 1.